The van der Waals surface area contributed by atoms with Crippen molar-refractivity contribution in [3.8, 4) is 6.07 Å². The number of ether oxygens (including phenoxy) is 1. The van der Waals surface area contributed by atoms with Gasteiger partial charge in [-0.15, -0.1) is 0 Å². The van der Waals surface area contributed by atoms with Crippen molar-refractivity contribution in [3.63, 3.8) is 0 Å². The first-order chi connectivity index (χ1) is 12.3. The molecule has 1 aliphatic heterocycles. The molecule has 3 rings (SSSR count). The van der Waals surface area contributed by atoms with Crippen LogP contribution in [0.2, 0.25) is 0 Å². The highest BCUT2D eigenvalue weighted by Crippen LogP contribution is 2.20. The lowest BCUT2D eigenvalue weighted by Crippen LogP contribution is -2.33. The molecule has 1 N–H and O–H groups in total. The summed E-state index contributed by atoms with van der Waals surface area (Å²) < 4.78 is 5.79. The Labute approximate surface area is 147 Å². The fourth-order valence-electron chi connectivity index (χ4n) is 2.95. The largest absolute Gasteiger partial charge is 0.376 e. The number of rotatable bonds is 5. The first kappa shape index (κ1) is 17.0. The van der Waals surface area contributed by atoms with E-state index >= 15 is 0 Å². The molecule has 5 nitrogen and oxygen atoms in total. The molecule has 1 aliphatic rings. The van der Waals surface area contributed by atoms with Gasteiger partial charge in [0.15, 0.2) is 0 Å². The zero-order chi connectivity index (χ0) is 17.5. The quantitative estimate of drug-likeness (QED) is 0.907. The van der Waals surface area contributed by atoms with Crippen LogP contribution >= 0.6 is 0 Å². The Morgan fingerprint density at radius 3 is 2.76 bits per heavy atom. The van der Waals surface area contributed by atoms with Gasteiger partial charge in [0.25, 0.3) is 0 Å². The molecule has 1 unspecified atom stereocenters. The summed E-state index contributed by atoms with van der Waals surface area (Å²) in [5.74, 6) is 0.348. The van der Waals surface area contributed by atoms with E-state index < -0.39 is 0 Å². The maximum absolute atomic E-state index is 12.4. The molecule has 0 bridgehead atoms. The molecule has 5 heteroatoms. The lowest BCUT2D eigenvalue weighted by molar-refractivity contribution is 0.0900. The standard InChI is InChI=1S/C20H21N3O2/c21-12-18-8-4-5-9-19(18)22-20(24)23-11-10-17(13-23)15-25-14-16-6-2-1-3-7-16/h1-9,17H,10-11,13-15H2,(H,22,24). The van der Waals surface area contributed by atoms with E-state index in [0.29, 0.717) is 43.5 Å². The van der Waals surface area contributed by atoms with Crippen molar-refractivity contribution in [1.82, 2.24) is 4.90 Å². The Morgan fingerprint density at radius 1 is 1.20 bits per heavy atom. The van der Waals surface area contributed by atoms with E-state index in [1.165, 1.54) is 0 Å². The predicted octanol–water partition coefficient (Wildman–Crippen LogP) is 3.63. The molecule has 0 aromatic heterocycles. The molecule has 0 radical (unpaired) electrons. The van der Waals surface area contributed by atoms with Crippen LogP contribution in [0.3, 0.4) is 0 Å². The van der Waals surface area contributed by atoms with Crippen molar-refractivity contribution in [2.75, 3.05) is 25.0 Å². The van der Waals surface area contributed by atoms with Gasteiger partial charge < -0.3 is 15.0 Å². The van der Waals surface area contributed by atoms with E-state index in [4.69, 9.17) is 10.00 Å². The Hall–Kier alpha value is -2.84. The number of nitrogens with one attached hydrogen (secondary N) is 1. The van der Waals surface area contributed by atoms with E-state index in [-0.39, 0.29) is 6.03 Å². The second-order valence-corrected chi connectivity index (χ2v) is 6.19. The molecule has 1 atom stereocenters. The highest BCUT2D eigenvalue weighted by Gasteiger charge is 2.26. The number of urea groups is 1. The maximum atomic E-state index is 12.4. The Morgan fingerprint density at radius 2 is 1.96 bits per heavy atom. The minimum absolute atomic E-state index is 0.159. The van der Waals surface area contributed by atoms with E-state index in [9.17, 15) is 4.79 Å². The fraction of sp³-hybridized carbons (Fsp3) is 0.300. The lowest BCUT2D eigenvalue weighted by atomic mass is 10.1. The van der Waals surface area contributed by atoms with Gasteiger partial charge in [-0.2, -0.15) is 5.26 Å². The molecule has 128 valence electrons. The summed E-state index contributed by atoms with van der Waals surface area (Å²) in [5.41, 5.74) is 2.18. The van der Waals surface area contributed by atoms with Crippen LogP contribution in [-0.2, 0) is 11.3 Å². The van der Waals surface area contributed by atoms with E-state index in [1.54, 1.807) is 29.2 Å². The molecule has 1 saturated heterocycles. The zero-order valence-corrected chi connectivity index (χ0v) is 14.0. The minimum Gasteiger partial charge on any atom is -0.376 e. The summed E-state index contributed by atoms with van der Waals surface area (Å²) in [5, 5.41) is 11.9. The minimum atomic E-state index is -0.159. The highest BCUT2D eigenvalue weighted by atomic mass is 16.5. The van der Waals surface area contributed by atoms with Crippen molar-refractivity contribution in [3.05, 3.63) is 65.7 Å². The van der Waals surface area contributed by atoms with Gasteiger partial charge in [-0.3, -0.25) is 0 Å². The second-order valence-electron chi connectivity index (χ2n) is 6.19. The van der Waals surface area contributed by atoms with Crippen LogP contribution in [0.5, 0.6) is 0 Å². The van der Waals surface area contributed by atoms with Crippen molar-refractivity contribution in [2.24, 2.45) is 5.92 Å². The summed E-state index contributed by atoms with van der Waals surface area (Å²) in [6.45, 7) is 2.63. The number of amides is 2. The molecule has 2 aromatic rings. The molecule has 2 amide bonds. The van der Waals surface area contributed by atoms with Crippen molar-refractivity contribution in [1.29, 1.82) is 5.26 Å². The van der Waals surface area contributed by atoms with Gasteiger partial charge in [0.05, 0.1) is 24.5 Å². The van der Waals surface area contributed by atoms with Crippen LogP contribution in [0, 0.1) is 17.2 Å². The number of para-hydroxylation sites is 1. The van der Waals surface area contributed by atoms with Gasteiger partial charge in [-0.25, -0.2) is 4.79 Å². The first-order valence-electron chi connectivity index (χ1n) is 8.43. The smallest absolute Gasteiger partial charge is 0.321 e. The van der Waals surface area contributed by atoms with Gasteiger partial charge >= 0.3 is 6.03 Å². The van der Waals surface area contributed by atoms with E-state index in [2.05, 4.69) is 11.4 Å². The van der Waals surface area contributed by atoms with Gasteiger partial charge in [-0.05, 0) is 24.1 Å². The summed E-state index contributed by atoms with van der Waals surface area (Å²) in [7, 11) is 0. The first-order valence-corrected chi connectivity index (χ1v) is 8.43. The number of nitriles is 1. The lowest BCUT2D eigenvalue weighted by Gasteiger charge is -2.18. The van der Waals surface area contributed by atoms with Crippen LogP contribution in [0.25, 0.3) is 0 Å². The molecule has 1 heterocycles. The average molecular weight is 335 g/mol. The van der Waals surface area contributed by atoms with Crippen LogP contribution in [0.15, 0.2) is 54.6 Å². The third kappa shape index (κ3) is 4.59. The number of anilines is 1. The van der Waals surface area contributed by atoms with Gasteiger partial charge in [0, 0.05) is 19.0 Å². The predicted molar refractivity (Wildman–Crippen MR) is 96.0 cm³/mol. The van der Waals surface area contributed by atoms with Crippen molar-refractivity contribution < 1.29 is 9.53 Å². The summed E-state index contributed by atoms with van der Waals surface area (Å²) in [6.07, 6.45) is 0.933. The maximum Gasteiger partial charge on any atom is 0.321 e. The Bertz CT molecular complexity index is 755. The second kappa shape index (κ2) is 8.32. The van der Waals surface area contributed by atoms with Crippen molar-refractivity contribution in [2.45, 2.75) is 13.0 Å². The van der Waals surface area contributed by atoms with Crippen LogP contribution < -0.4 is 5.32 Å². The molecule has 25 heavy (non-hydrogen) atoms. The Kier molecular flexibility index (Phi) is 5.65. The molecule has 1 fully saturated rings. The number of hydrogen-bond donors (Lipinski definition) is 1. The molecule has 0 spiro atoms. The normalized spacial score (nSPS) is 16.4. The van der Waals surface area contributed by atoms with Crippen LogP contribution in [-0.4, -0.2) is 30.6 Å². The van der Waals surface area contributed by atoms with Gasteiger partial charge in [0.1, 0.15) is 6.07 Å². The third-order valence-corrected chi connectivity index (χ3v) is 4.33. The van der Waals surface area contributed by atoms with Crippen LogP contribution in [0.4, 0.5) is 10.5 Å². The van der Waals surface area contributed by atoms with Gasteiger partial charge in [0.2, 0.25) is 0 Å². The topological polar surface area (TPSA) is 65.4 Å². The monoisotopic (exact) mass is 335 g/mol. The van der Waals surface area contributed by atoms with Crippen molar-refractivity contribution >= 4 is 11.7 Å². The fourth-order valence-corrected chi connectivity index (χ4v) is 2.95. The van der Waals surface area contributed by atoms with E-state index in [0.717, 1.165) is 12.0 Å². The summed E-state index contributed by atoms with van der Waals surface area (Å²) >= 11 is 0. The summed E-state index contributed by atoms with van der Waals surface area (Å²) in [4.78, 5) is 14.2. The number of carbonyl (C=O) groups is 1. The number of benzene rings is 2. The summed E-state index contributed by atoms with van der Waals surface area (Å²) in [6, 6.07) is 19.0. The molecule has 0 aliphatic carbocycles. The molecule has 2 aromatic carbocycles. The highest BCUT2D eigenvalue weighted by molar-refractivity contribution is 5.90. The molecule has 0 saturated carbocycles. The van der Waals surface area contributed by atoms with E-state index in [1.807, 2.05) is 30.3 Å². The van der Waals surface area contributed by atoms with Gasteiger partial charge in [-0.1, -0.05) is 42.5 Å². The number of hydrogen-bond acceptors (Lipinski definition) is 3. The number of likely N-dealkylation sites (tertiary alicyclic amines) is 1. The zero-order valence-electron chi connectivity index (χ0n) is 14.0. The molecular formula is C20H21N3O2. The number of nitrogens with zero attached hydrogens (tertiary/aromatic N) is 2. The Balaban J connectivity index is 1.46. The SMILES string of the molecule is N#Cc1ccccc1NC(=O)N1CCC(COCc2ccccc2)C1. The third-order valence-electron chi connectivity index (χ3n) is 4.33. The number of carbonyl (C=O) groups excluding carboxylic acids is 1. The van der Waals surface area contributed by atoms with Crippen LogP contribution in [0.1, 0.15) is 17.5 Å². The molecular weight excluding hydrogens is 314 g/mol. The average Bonchev–Trinajstić information content (AvgIpc) is 3.12.